The van der Waals surface area contributed by atoms with Crippen molar-refractivity contribution in [3.8, 4) is 0 Å². The molecular weight excluding hydrogens is 288 g/mol. The van der Waals surface area contributed by atoms with E-state index in [0.29, 0.717) is 6.61 Å². The molecule has 2 rings (SSSR count). The van der Waals surface area contributed by atoms with Gasteiger partial charge in [-0.3, -0.25) is 0 Å². The number of hydrogen-bond donors (Lipinski definition) is 2. The maximum atomic E-state index is 9.52. The zero-order chi connectivity index (χ0) is 15.1. The molecular formula is C16H25ClN2O2. The molecule has 1 aromatic rings. The molecule has 5 heteroatoms. The Hall–Kier alpha value is -0.810. The van der Waals surface area contributed by atoms with Crippen LogP contribution < -0.4 is 10.2 Å². The van der Waals surface area contributed by atoms with Crippen molar-refractivity contribution in [2.75, 3.05) is 38.3 Å². The Balaban J connectivity index is 2.00. The molecule has 0 radical (unpaired) electrons. The SMILES string of the molecule is COCCNCc1ccc(N2CCCCC2CO)cc1Cl. The zero-order valence-corrected chi connectivity index (χ0v) is 13.4. The highest BCUT2D eigenvalue weighted by atomic mass is 35.5. The van der Waals surface area contributed by atoms with Gasteiger partial charge in [0, 0.05) is 37.5 Å². The molecule has 0 amide bonds. The van der Waals surface area contributed by atoms with E-state index in [0.717, 1.165) is 42.3 Å². The van der Waals surface area contributed by atoms with Crippen LogP contribution in [-0.4, -0.2) is 44.6 Å². The number of nitrogens with one attached hydrogen (secondary N) is 1. The van der Waals surface area contributed by atoms with Gasteiger partial charge in [-0.15, -0.1) is 0 Å². The summed E-state index contributed by atoms with van der Waals surface area (Å²) in [4.78, 5) is 2.28. The van der Waals surface area contributed by atoms with E-state index in [1.807, 2.05) is 6.07 Å². The summed E-state index contributed by atoms with van der Waals surface area (Å²) in [7, 11) is 1.69. The first kappa shape index (κ1) is 16.6. The van der Waals surface area contributed by atoms with E-state index in [1.165, 1.54) is 12.8 Å². The standard InChI is InChI=1S/C16H25ClN2O2/c1-21-9-7-18-11-13-5-6-14(10-16(13)17)19-8-3-2-4-15(19)12-20/h5-6,10,15,18,20H,2-4,7-9,11-12H2,1H3. The van der Waals surface area contributed by atoms with E-state index in [9.17, 15) is 5.11 Å². The van der Waals surface area contributed by atoms with Crippen LogP contribution in [0.3, 0.4) is 0 Å². The molecule has 0 bridgehead atoms. The number of anilines is 1. The van der Waals surface area contributed by atoms with Crippen LogP contribution in [-0.2, 0) is 11.3 Å². The fourth-order valence-electron chi connectivity index (χ4n) is 2.79. The third-order valence-electron chi connectivity index (χ3n) is 4.00. The normalized spacial score (nSPS) is 19.0. The summed E-state index contributed by atoms with van der Waals surface area (Å²) < 4.78 is 5.01. The number of aliphatic hydroxyl groups is 1. The van der Waals surface area contributed by atoms with Crippen LogP contribution in [0.4, 0.5) is 5.69 Å². The lowest BCUT2D eigenvalue weighted by atomic mass is 10.0. The lowest BCUT2D eigenvalue weighted by Gasteiger charge is -2.36. The molecule has 118 valence electrons. The summed E-state index contributed by atoms with van der Waals surface area (Å²) >= 11 is 6.39. The summed E-state index contributed by atoms with van der Waals surface area (Å²) in [5.74, 6) is 0. The van der Waals surface area contributed by atoms with Crippen molar-refractivity contribution in [2.45, 2.75) is 31.8 Å². The van der Waals surface area contributed by atoms with Gasteiger partial charge >= 0.3 is 0 Å². The first-order valence-corrected chi connectivity index (χ1v) is 7.99. The topological polar surface area (TPSA) is 44.7 Å². The Morgan fingerprint density at radius 3 is 3.00 bits per heavy atom. The van der Waals surface area contributed by atoms with E-state index >= 15 is 0 Å². The van der Waals surface area contributed by atoms with Crippen molar-refractivity contribution in [2.24, 2.45) is 0 Å². The third kappa shape index (κ3) is 4.58. The predicted molar refractivity (Wildman–Crippen MR) is 87.1 cm³/mol. The van der Waals surface area contributed by atoms with Crippen LogP contribution in [0.25, 0.3) is 0 Å². The van der Waals surface area contributed by atoms with Gasteiger partial charge in [-0.05, 0) is 37.0 Å². The summed E-state index contributed by atoms with van der Waals surface area (Å²) in [6, 6.07) is 6.41. The molecule has 21 heavy (non-hydrogen) atoms. The van der Waals surface area contributed by atoms with E-state index in [2.05, 4.69) is 22.3 Å². The highest BCUT2D eigenvalue weighted by Gasteiger charge is 2.22. The molecule has 1 aliphatic rings. The lowest BCUT2D eigenvalue weighted by molar-refractivity contribution is 0.199. The predicted octanol–water partition coefficient (Wildman–Crippen LogP) is 2.43. The van der Waals surface area contributed by atoms with Crippen LogP contribution >= 0.6 is 11.6 Å². The summed E-state index contributed by atoms with van der Waals surface area (Å²) in [5, 5.41) is 13.6. The van der Waals surface area contributed by atoms with Gasteiger partial charge in [0.05, 0.1) is 19.3 Å². The number of rotatable bonds is 7. The molecule has 0 saturated carbocycles. The largest absolute Gasteiger partial charge is 0.394 e. The molecule has 0 aliphatic carbocycles. The Morgan fingerprint density at radius 1 is 1.43 bits per heavy atom. The second-order valence-electron chi connectivity index (χ2n) is 5.47. The first-order chi connectivity index (χ1) is 10.3. The Bertz CT molecular complexity index is 442. The number of hydrogen-bond acceptors (Lipinski definition) is 4. The summed E-state index contributed by atoms with van der Waals surface area (Å²) in [5.41, 5.74) is 2.20. The molecule has 1 saturated heterocycles. The van der Waals surface area contributed by atoms with Gasteiger partial charge in [0.25, 0.3) is 0 Å². The maximum absolute atomic E-state index is 9.52. The van der Waals surface area contributed by atoms with Crippen molar-refractivity contribution < 1.29 is 9.84 Å². The maximum Gasteiger partial charge on any atom is 0.0635 e. The van der Waals surface area contributed by atoms with Gasteiger partial charge in [-0.2, -0.15) is 0 Å². The minimum absolute atomic E-state index is 0.206. The minimum Gasteiger partial charge on any atom is -0.394 e. The number of aliphatic hydroxyl groups excluding tert-OH is 1. The molecule has 0 aromatic heterocycles. The van der Waals surface area contributed by atoms with E-state index in [1.54, 1.807) is 7.11 Å². The van der Waals surface area contributed by atoms with Crippen LogP contribution in [0.5, 0.6) is 0 Å². The number of ether oxygens (including phenoxy) is 1. The van der Waals surface area contributed by atoms with E-state index in [-0.39, 0.29) is 12.6 Å². The van der Waals surface area contributed by atoms with Gasteiger partial charge in [0.2, 0.25) is 0 Å². The molecule has 4 nitrogen and oxygen atoms in total. The smallest absolute Gasteiger partial charge is 0.0635 e. The fourth-order valence-corrected chi connectivity index (χ4v) is 3.03. The first-order valence-electron chi connectivity index (χ1n) is 7.62. The lowest BCUT2D eigenvalue weighted by Crippen LogP contribution is -2.41. The van der Waals surface area contributed by atoms with E-state index < -0.39 is 0 Å². The summed E-state index contributed by atoms with van der Waals surface area (Å²) in [6.07, 6.45) is 3.42. The van der Waals surface area contributed by atoms with E-state index in [4.69, 9.17) is 16.3 Å². The average Bonchev–Trinajstić information content (AvgIpc) is 2.52. The molecule has 1 aromatic carbocycles. The van der Waals surface area contributed by atoms with Gasteiger partial charge in [-0.25, -0.2) is 0 Å². The molecule has 1 unspecified atom stereocenters. The van der Waals surface area contributed by atoms with Crippen LogP contribution in [0.2, 0.25) is 5.02 Å². The van der Waals surface area contributed by atoms with Gasteiger partial charge < -0.3 is 20.1 Å². The third-order valence-corrected chi connectivity index (χ3v) is 4.36. The number of methoxy groups -OCH3 is 1. The molecule has 1 aliphatic heterocycles. The minimum atomic E-state index is 0.206. The Labute approximate surface area is 132 Å². The number of nitrogens with zero attached hydrogens (tertiary/aromatic N) is 1. The van der Waals surface area contributed by atoms with Crippen LogP contribution in [0.15, 0.2) is 18.2 Å². The number of halogens is 1. The second kappa shape index (κ2) is 8.59. The Kier molecular flexibility index (Phi) is 6.77. The van der Waals surface area contributed by atoms with Gasteiger partial charge in [-0.1, -0.05) is 17.7 Å². The Morgan fingerprint density at radius 2 is 2.29 bits per heavy atom. The number of benzene rings is 1. The van der Waals surface area contributed by atoms with Crippen molar-refractivity contribution >= 4 is 17.3 Å². The monoisotopic (exact) mass is 312 g/mol. The second-order valence-corrected chi connectivity index (χ2v) is 5.88. The molecule has 1 atom stereocenters. The van der Waals surface area contributed by atoms with Crippen molar-refractivity contribution in [3.63, 3.8) is 0 Å². The fraction of sp³-hybridized carbons (Fsp3) is 0.625. The van der Waals surface area contributed by atoms with Crippen molar-refractivity contribution in [1.82, 2.24) is 5.32 Å². The van der Waals surface area contributed by atoms with Crippen molar-refractivity contribution in [1.29, 1.82) is 0 Å². The van der Waals surface area contributed by atoms with Crippen LogP contribution in [0.1, 0.15) is 24.8 Å². The highest BCUT2D eigenvalue weighted by Crippen LogP contribution is 2.28. The zero-order valence-electron chi connectivity index (χ0n) is 12.6. The van der Waals surface area contributed by atoms with Crippen molar-refractivity contribution in [3.05, 3.63) is 28.8 Å². The van der Waals surface area contributed by atoms with Crippen LogP contribution in [0, 0.1) is 0 Å². The summed E-state index contributed by atoms with van der Waals surface area (Å²) in [6.45, 7) is 3.45. The molecule has 0 spiro atoms. The molecule has 1 heterocycles. The quantitative estimate of drug-likeness (QED) is 0.759. The molecule has 2 N–H and O–H groups in total. The molecule has 1 fully saturated rings. The number of piperidine rings is 1. The average molecular weight is 313 g/mol. The van der Waals surface area contributed by atoms with Gasteiger partial charge in [0.15, 0.2) is 0 Å². The van der Waals surface area contributed by atoms with Gasteiger partial charge in [0.1, 0.15) is 0 Å². The highest BCUT2D eigenvalue weighted by molar-refractivity contribution is 6.31.